The summed E-state index contributed by atoms with van der Waals surface area (Å²) in [5.74, 6) is 0.182. The largest absolute Gasteiger partial charge is 0.378 e. The maximum Gasteiger partial charge on any atom is 0.242 e. The molecule has 0 bridgehead atoms. The first-order chi connectivity index (χ1) is 16.4. The molecule has 2 aromatic rings. The van der Waals surface area contributed by atoms with Crippen LogP contribution in [0.5, 0.6) is 0 Å². The van der Waals surface area contributed by atoms with E-state index >= 15 is 0 Å². The van der Waals surface area contributed by atoms with Crippen LogP contribution in [0.4, 0.5) is 0 Å². The second-order valence-corrected chi connectivity index (χ2v) is 10.5. The van der Waals surface area contributed by atoms with Crippen molar-refractivity contribution in [1.82, 2.24) is 19.8 Å². The van der Waals surface area contributed by atoms with E-state index in [9.17, 15) is 9.59 Å². The van der Waals surface area contributed by atoms with E-state index < -0.39 is 0 Å². The van der Waals surface area contributed by atoms with Gasteiger partial charge in [0.1, 0.15) is 0 Å². The number of amides is 2. The highest BCUT2D eigenvalue weighted by molar-refractivity contribution is 7.09. The standard InChI is InChI=1S/C25H34N4O4S/c1-17(2)23-10-19(7-9-32-23)25(31)29-13-22(33-15-20-6-4-5-8-26-20)12-28(24(30)14-29)11-21-16-34-18(3)27-21/h4-6,8,16-17,19,22-23H,7,9-15H2,1-3H3/t19-,22+,23+/m1/s1. The van der Waals surface area contributed by atoms with Crippen LogP contribution in [0.1, 0.15) is 43.1 Å². The average Bonchev–Trinajstić information content (AvgIpc) is 3.18. The van der Waals surface area contributed by atoms with Gasteiger partial charge in [-0.2, -0.15) is 0 Å². The molecule has 0 N–H and O–H groups in total. The molecular formula is C25H34N4O4S. The van der Waals surface area contributed by atoms with Crippen LogP contribution in [-0.4, -0.2) is 70.0 Å². The molecule has 2 aliphatic rings. The zero-order valence-electron chi connectivity index (χ0n) is 20.2. The molecule has 0 saturated carbocycles. The van der Waals surface area contributed by atoms with E-state index in [0.717, 1.165) is 16.4 Å². The van der Waals surface area contributed by atoms with E-state index in [4.69, 9.17) is 9.47 Å². The number of aryl methyl sites for hydroxylation is 1. The molecule has 9 heteroatoms. The summed E-state index contributed by atoms with van der Waals surface area (Å²) in [5.41, 5.74) is 1.69. The first-order valence-electron chi connectivity index (χ1n) is 12.0. The minimum absolute atomic E-state index is 0.0279. The molecule has 8 nitrogen and oxygen atoms in total. The minimum Gasteiger partial charge on any atom is -0.378 e. The van der Waals surface area contributed by atoms with E-state index in [2.05, 4.69) is 23.8 Å². The van der Waals surface area contributed by atoms with Gasteiger partial charge in [-0.25, -0.2) is 4.98 Å². The van der Waals surface area contributed by atoms with Crippen LogP contribution in [0.2, 0.25) is 0 Å². The highest BCUT2D eigenvalue weighted by atomic mass is 32.1. The van der Waals surface area contributed by atoms with E-state index in [1.807, 2.05) is 30.5 Å². The maximum absolute atomic E-state index is 13.5. The molecule has 34 heavy (non-hydrogen) atoms. The van der Waals surface area contributed by atoms with Crippen molar-refractivity contribution in [2.24, 2.45) is 11.8 Å². The van der Waals surface area contributed by atoms with Crippen molar-refractivity contribution in [1.29, 1.82) is 0 Å². The zero-order valence-corrected chi connectivity index (χ0v) is 21.0. The Morgan fingerprint density at radius 2 is 2.15 bits per heavy atom. The van der Waals surface area contributed by atoms with E-state index in [0.29, 0.717) is 51.6 Å². The quantitative estimate of drug-likeness (QED) is 0.598. The summed E-state index contributed by atoms with van der Waals surface area (Å²) in [4.78, 5) is 39.1. The Balaban J connectivity index is 1.48. The molecule has 4 rings (SSSR count). The third-order valence-corrected chi connectivity index (χ3v) is 7.28. The lowest BCUT2D eigenvalue weighted by atomic mass is 9.89. The summed E-state index contributed by atoms with van der Waals surface area (Å²) < 4.78 is 12.1. The number of nitrogens with zero attached hydrogens (tertiary/aromatic N) is 4. The van der Waals surface area contributed by atoms with Gasteiger partial charge in [0.25, 0.3) is 0 Å². The molecule has 0 radical (unpaired) electrons. The molecule has 2 amide bonds. The summed E-state index contributed by atoms with van der Waals surface area (Å²) >= 11 is 1.57. The van der Waals surface area contributed by atoms with Crippen molar-refractivity contribution >= 4 is 23.2 Å². The Morgan fingerprint density at radius 3 is 2.85 bits per heavy atom. The number of aromatic nitrogens is 2. The molecule has 2 aromatic heterocycles. The molecule has 2 fully saturated rings. The van der Waals surface area contributed by atoms with Gasteiger partial charge in [-0.1, -0.05) is 19.9 Å². The summed E-state index contributed by atoms with van der Waals surface area (Å²) in [6.07, 6.45) is 2.89. The summed E-state index contributed by atoms with van der Waals surface area (Å²) in [6, 6.07) is 5.70. The third-order valence-electron chi connectivity index (χ3n) is 6.46. The second-order valence-electron chi connectivity index (χ2n) is 9.48. The Morgan fingerprint density at radius 1 is 1.29 bits per heavy atom. The number of hydrogen-bond donors (Lipinski definition) is 0. The number of carbonyl (C=O) groups excluding carboxylic acids is 2. The van der Waals surface area contributed by atoms with Crippen molar-refractivity contribution in [3.05, 3.63) is 46.2 Å². The van der Waals surface area contributed by atoms with Crippen molar-refractivity contribution in [2.75, 3.05) is 26.2 Å². The minimum atomic E-state index is -0.308. The molecular weight excluding hydrogens is 452 g/mol. The highest BCUT2D eigenvalue weighted by Gasteiger charge is 2.36. The maximum atomic E-state index is 13.5. The van der Waals surface area contributed by atoms with Crippen LogP contribution in [-0.2, 0) is 32.2 Å². The second kappa shape index (κ2) is 11.4. The van der Waals surface area contributed by atoms with Crippen LogP contribution >= 0.6 is 11.3 Å². The van der Waals surface area contributed by atoms with Gasteiger partial charge in [0, 0.05) is 37.2 Å². The van der Waals surface area contributed by atoms with Crippen molar-refractivity contribution in [3.63, 3.8) is 0 Å². The van der Waals surface area contributed by atoms with E-state index in [1.165, 1.54) is 0 Å². The van der Waals surface area contributed by atoms with Gasteiger partial charge in [0.2, 0.25) is 11.8 Å². The molecule has 2 saturated heterocycles. The lowest BCUT2D eigenvalue weighted by Crippen LogP contribution is -2.45. The molecule has 184 valence electrons. The number of ether oxygens (including phenoxy) is 2. The van der Waals surface area contributed by atoms with E-state index in [-0.39, 0.29) is 36.5 Å². The normalized spacial score (nSPS) is 23.9. The van der Waals surface area contributed by atoms with Gasteiger partial charge in [0.15, 0.2) is 0 Å². The van der Waals surface area contributed by atoms with E-state index in [1.54, 1.807) is 27.3 Å². The summed E-state index contributed by atoms with van der Waals surface area (Å²) in [6.45, 7) is 8.38. The van der Waals surface area contributed by atoms with Gasteiger partial charge in [-0.3, -0.25) is 14.6 Å². The molecule has 2 aliphatic heterocycles. The molecule has 0 aromatic carbocycles. The SMILES string of the molecule is Cc1nc(CN2C[C@H](OCc3ccccn3)CN(C(=O)[C@@H]3CCO[C@H](C(C)C)C3)CC2=O)cs1. The summed E-state index contributed by atoms with van der Waals surface area (Å²) in [7, 11) is 0. The van der Waals surface area contributed by atoms with Gasteiger partial charge in [-0.05, 0) is 37.8 Å². The average molecular weight is 487 g/mol. The lowest BCUT2D eigenvalue weighted by Gasteiger charge is -2.34. The smallest absolute Gasteiger partial charge is 0.242 e. The predicted molar refractivity (Wildman–Crippen MR) is 129 cm³/mol. The van der Waals surface area contributed by atoms with Crippen LogP contribution in [0.3, 0.4) is 0 Å². The monoisotopic (exact) mass is 486 g/mol. The Bertz CT molecular complexity index is 967. The predicted octanol–water partition coefficient (Wildman–Crippen LogP) is 3.05. The van der Waals surface area contributed by atoms with Crippen LogP contribution < -0.4 is 0 Å². The topological polar surface area (TPSA) is 84.9 Å². The Labute approximate surface area is 205 Å². The zero-order chi connectivity index (χ0) is 24.1. The summed E-state index contributed by atoms with van der Waals surface area (Å²) in [5, 5.41) is 2.95. The number of rotatable bonds is 7. The lowest BCUT2D eigenvalue weighted by molar-refractivity contribution is -0.146. The molecule has 0 unspecified atom stereocenters. The van der Waals surface area contributed by atoms with Crippen LogP contribution in [0.15, 0.2) is 29.8 Å². The van der Waals surface area contributed by atoms with Crippen LogP contribution in [0, 0.1) is 18.8 Å². The van der Waals surface area contributed by atoms with Crippen LogP contribution in [0.25, 0.3) is 0 Å². The van der Waals surface area contributed by atoms with Gasteiger partial charge in [0.05, 0.1) is 48.3 Å². The van der Waals surface area contributed by atoms with Crippen molar-refractivity contribution < 1.29 is 19.1 Å². The fourth-order valence-electron chi connectivity index (χ4n) is 4.54. The Kier molecular flexibility index (Phi) is 8.28. The molecule has 3 atom stereocenters. The molecule has 0 aliphatic carbocycles. The van der Waals surface area contributed by atoms with Crippen molar-refractivity contribution in [2.45, 2.75) is 59.0 Å². The number of hydrogen-bond acceptors (Lipinski definition) is 7. The fraction of sp³-hybridized carbons (Fsp3) is 0.600. The fourth-order valence-corrected chi connectivity index (χ4v) is 5.15. The van der Waals surface area contributed by atoms with Gasteiger partial charge >= 0.3 is 0 Å². The number of pyridine rings is 1. The highest BCUT2D eigenvalue weighted by Crippen LogP contribution is 2.27. The number of carbonyl (C=O) groups is 2. The molecule has 4 heterocycles. The number of thiazole rings is 1. The molecule has 0 spiro atoms. The first-order valence-corrected chi connectivity index (χ1v) is 12.9. The Hall–Kier alpha value is -2.36. The van der Waals surface area contributed by atoms with Crippen molar-refractivity contribution in [3.8, 4) is 0 Å². The van der Waals surface area contributed by atoms with Gasteiger partial charge < -0.3 is 19.3 Å². The first kappa shape index (κ1) is 24.8. The van der Waals surface area contributed by atoms with Gasteiger partial charge in [-0.15, -0.1) is 11.3 Å². The third kappa shape index (κ3) is 6.40.